The molecule has 0 saturated heterocycles. The van der Waals surface area contributed by atoms with Crippen LogP contribution in [0.1, 0.15) is 26.2 Å². The minimum Gasteiger partial charge on any atom is -0.481 e. The van der Waals surface area contributed by atoms with Crippen LogP contribution in [0.15, 0.2) is 18.5 Å². The van der Waals surface area contributed by atoms with Gasteiger partial charge in [-0.3, -0.25) is 4.79 Å². The summed E-state index contributed by atoms with van der Waals surface area (Å²) in [6, 6.07) is 0.917. The smallest absolute Gasteiger partial charge is 0.310 e. The van der Waals surface area contributed by atoms with Crippen molar-refractivity contribution in [1.82, 2.24) is 4.72 Å². The Kier molecular flexibility index (Phi) is 4.66. The third kappa shape index (κ3) is 2.96. The van der Waals surface area contributed by atoms with Crippen molar-refractivity contribution in [2.75, 3.05) is 0 Å². The van der Waals surface area contributed by atoms with E-state index in [2.05, 4.69) is 36.6 Å². The van der Waals surface area contributed by atoms with Gasteiger partial charge >= 0.3 is 5.97 Å². The molecule has 0 spiro atoms. The van der Waals surface area contributed by atoms with Crippen molar-refractivity contribution in [2.45, 2.75) is 37.1 Å². The van der Waals surface area contributed by atoms with E-state index in [-0.39, 0.29) is 4.90 Å². The molecule has 112 valence electrons. The maximum absolute atomic E-state index is 12.4. The van der Waals surface area contributed by atoms with Gasteiger partial charge in [0, 0.05) is 6.04 Å². The van der Waals surface area contributed by atoms with Crippen LogP contribution < -0.4 is 4.72 Å². The Morgan fingerprint density at radius 3 is 2.70 bits per heavy atom. The van der Waals surface area contributed by atoms with E-state index in [4.69, 9.17) is 0 Å². The molecular weight excluding hydrogens is 434 g/mol. The van der Waals surface area contributed by atoms with Crippen molar-refractivity contribution in [1.29, 1.82) is 0 Å². The number of carbonyl (C=O) groups is 1. The van der Waals surface area contributed by atoms with Gasteiger partial charge in [-0.15, -0.1) is 11.3 Å². The summed E-state index contributed by atoms with van der Waals surface area (Å²) in [7, 11) is -3.74. The normalized spacial score (nSPS) is 26.9. The average Bonchev–Trinajstić information content (AvgIpc) is 2.84. The number of aliphatic carboxylic acids is 1. The quantitative estimate of drug-likeness (QED) is 0.743. The number of halogens is 2. The van der Waals surface area contributed by atoms with Gasteiger partial charge in [-0.2, -0.15) is 0 Å². The average molecular weight is 447 g/mol. The van der Waals surface area contributed by atoms with Crippen molar-refractivity contribution in [3.05, 3.63) is 13.6 Å². The lowest BCUT2D eigenvalue weighted by Crippen LogP contribution is -2.46. The number of sulfonamides is 1. The van der Waals surface area contributed by atoms with Crippen LogP contribution in [0, 0.1) is 5.41 Å². The zero-order chi connectivity index (χ0) is 15.1. The van der Waals surface area contributed by atoms with E-state index in [1.807, 2.05) is 0 Å². The first-order chi connectivity index (χ1) is 9.17. The Bertz CT molecular complexity index is 643. The predicted molar refractivity (Wildman–Crippen MR) is 83.4 cm³/mol. The van der Waals surface area contributed by atoms with E-state index in [1.165, 1.54) is 17.4 Å². The molecule has 2 rings (SSSR count). The molecule has 1 fully saturated rings. The molecule has 0 aromatic carbocycles. The van der Waals surface area contributed by atoms with Crippen molar-refractivity contribution >= 4 is 59.2 Å². The van der Waals surface area contributed by atoms with E-state index in [0.29, 0.717) is 26.8 Å². The number of thiophene rings is 1. The number of hydrogen-bond donors (Lipinski definition) is 2. The van der Waals surface area contributed by atoms with E-state index in [0.717, 1.165) is 0 Å². The summed E-state index contributed by atoms with van der Waals surface area (Å²) in [4.78, 5) is 11.5. The number of nitrogens with one attached hydrogen (secondary N) is 1. The Morgan fingerprint density at radius 1 is 1.55 bits per heavy atom. The zero-order valence-electron chi connectivity index (χ0n) is 10.5. The predicted octanol–water partition coefficient (Wildman–Crippen LogP) is 3.19. The molecule has 1 aromatic heterocycles. The van der Waals surface area contributed by atoms with Gasteiger partial charge in [0.15, 0.2) is 0 Å². The first kappa shape index (κ1) is 16.4. The highest BCUT2D eigenvalue weighted by atomic mass is 79.9. The minimum atomic E-state index is -3.74. The fourth-order valence-electron chi connectivity index (χ4n) is 2.37. The molecule has 2 atom stereocenters. The Labute approximate surface area is 138 Å². The van der Waals surface area contributed by atoms with Gasteiger partial charge in [0.2, 0.25) is 10.0 Å². The lowest BCUT2D eigenvalue weighted by atomic mass is 9.85. The van der Waals surface area contributed by atoms with Crippen LogP contribution in [-0.4, -0.2) is 25.5 Å². The maximum Gasteiger partial charge on any atom is 0.310 e. The molecule has 1 aromatic rings. The van der Waals surface area contributed by atoms with Crippen LogP contribution in [0.5, 0.6) is 0 Å². The van der Waals surface area contributed by atoms with E-state index < -0.39 is 27.4 Å². The van der Waals surface area contributed by atoms with Gasteiger partial charge in [0.1, 0.15) is 4.90 Å². The Morgan fingerprint density at radius 2 is 2.20 bits per heavy atom. The monoisotopic (exact) mass is 445 g/mol. The number of carboxylic acid groups (broad SMARTS) is 1. The van der Waals surface area contributed by atoms with Gasteiger partial charge in [0.25, 0.3) is 0 Å². The third-order valence-electron chi connectivity index (χ3n) is 3.66. The molecule has 9 heteroatoms. The van der Waals surface area contributed by atoms with Crippen LogP contribution in [0.2, 0.25) is 0 Å². The van der Waals surface area contributed by atoms with Crippen LogP contribution in [-0.2, 0) is 14.8 Å². The molecule has 0 aliphatic heterocycles. The highest BCUT2D eigenvalue weighted by molar-refractivity contribution is 9.12. The molecule has 2 unspecified atom stereocenters. The Balaban J connectivity index is 2.29. The molecule has 1 aliphatic carbocycles. The number of hydrogen-bond acceptors (Lipinski definition) is 4. The molecule has 0 bridgehead atoms. The van der Waals surface area contributed by atoms with Gasteiger partial charge in [-0.1, -0.05) is 6.42 Å². The summed E-state index contributed by atoms with van der Waals surface area (Å²) in [5.41, 5.74) is -1.05. The second kappa shape index (κ2) is 5.68. The van der Waals surface area contributed by atoms with E-state index in [1.54, 1.807) is 6.92 Å². The standard InChI is InChI=1S/C11H13Br2NO4S2/c1-11(10(15)16)4-2-3-7(11)14-20(17,18)6-5-8(12)19-9(6)13/h5,7,14H,2-4H2,1H3,(H,15,16). The van der Waals surface area contributed by atoms with Crippen molar-refractivity contribution in [2.24, 2.45) is 5.41 Å². The summed E-state index contributed by atoms with van der Waals surface area (Å²) in [6.45, 7) is 1.59. The first-order valence-electron chi connectivity index (χ1n) is 5.87. The largest absolute Gasteiger partial charge is 0.481 e. The van der Waals surface area contributed by atoms with Gasteiger partial charge in [-0.25, -0.2) is 13.1 Å². The minimum absolute atomic E-state index is 0.133. The summed E-state index contributed by atoms with van der Waals surface area (Å²) in [5, 5.41) is 9.32. The molecule has 1 aliphatic rings. The summed E-state index contributed by atoms with van der Waals surface area (Å²) in [6.07, 6.45) is 1.71. The SMILES string of the molecule is CC1(C(=O)O)CCCC1NS(=O)(=O)c1cc(Br)sc1Br. The van der Waals surface area contributed by atoms with E-state index >= 15 is 0 Å². The Hall–Kier alpha value is 0.0400. The van der Waals surface area contributed by atoms with Crippen molar-refractivity contribution in [3.8, 4) is 0 Å². The van der Waals surface area contributed by atoms with Crippen LogP contribution in [0.4, 0.5) is 0 Å². The molecule has 5 nitrogen and oxygen atoms in total. The fraction of sp³-hybridized carbons (Fsp3) is 0.545. The second-order valence-corrected chi connectivity index (χ2v) is 10.4. The molecule has 2 N–H and O–H groups in total. The van der Waals surface area contributed by atoms with Crippen LogP contribution in [0.3, 0.4) is 0 Å². The maximum atomic E-state index is 12.4. The van der Waals surface area contributed by atoms with Gasteiger partial charge in [-0.05, 0) is 57.7 Å². The molecule has 1 heterocycles. The summed E-state index contributed by atoms with van der Waals surface area (Å²) in [5.74, 6) is -0.965. The van der Waals surface area contributed by atoms with Crippen molar-refractivity contribution in [3.63, 3.8) is 0 Å². The number of carboxylic acids is 1. The summed E-state index contributed by atoms with van der Waals surface area (Å²) < 4.78 is 28.5. The third-order valence-corrected chi connectivity index (χ3v) is 7.89. The molecule has 20 heavy (non-hydrogen) atoms. The second-order valence-electron chi connectivity index (χ2n) is 4.98. The molecule has 1 saturated carbocycles. The van der Waals surface area contributed by atoms with Gasteiger partial charge in [0.05, 0.1) is 13.0 Å². The van der Waals surface area contributed by atoms with Crippen LogP contribution in [0.25, 0.3) is 0 Å². The molecule has 0 radical (unpaired) electrons. The molecular formula is C11H13Br2NO4S2. The lowest BCUT2D eigenvalue weighted by molar-refractivity contribution is -0.148. The zero-order valence-corrected chi connectivity index (χ0v) is 15.3. The highest BCUT2D eigenvalue weighted by Gasteiger charge is 2.47. The van der Waals surface area contributed by atoms with E-state index in [9.17, 15) is 18.3 Å². The van der Waals surface area contributed by atoms with Crippen LogP contribution >= 0.6 is 43.2 Å². The topological polar surface area (TPSA) is 83.5 Å². The first-order valence-corrected chi connectivity index (χ1v) is 9.76. The van der Waals surface area contributed by atoms with Gasteiger partial charge < -0.3 is 5.11 Å². The van der Waals surface area contributed by atoms with Crippen molar-refractivity contribution < 1.29 is 18.3 Å². The fourth-order valence-corrected chi connectivity index (χ4v) is 7.56. The molecule has 0 amide bonds. The summed E-state index contributed by atoms with van der Waals surface area (Å²) >= 11 is 7.71. The number of rotatable bonds is 4. The lowest BCUT2D eigenvalue weighted by Gasteiger charge is -2.27. The highest BCUT2D eigenvalue weighted by Crippen LogP contribution is 2.40.